The quantitative estimate of drug-likeness (QED) is 0.472. The highest BCUT2D eigenvalue weighted by Crippen LogP contribution is 2.30. The van der Waals surface area contributed by atoms with Crippen LogP contribution in [0.15, 0.2) is 59.2 Å². The predicted molar refractivity (Wildman–Crippen MR) is 118 cm³/mol. The highest BCUT2D eigenvalue weighted by Gasteiger charge is 2.20. The summed E-state index contributed by atoms with van der Waals surface area (Å²) in [5.41, 5.74) is 4.16. The van der Waals surface area contributed by atoms with Gasteiger partial charge in [-0.25, -0.2) is 9.37 Å². The Morgan fingerprint density at radius 1 is 1.14 bits per heavy atom. The van der Waals surface area contributed by atoms with Gasteiger partial charge in [0.1, 0.15) is 11.6 Å². The molecule has 3 rings (SSSR count). The first-order valence-corrected chi connectivity index (χ1v) is 10.2. The first-order valence-electron chi connectivity index (χ1n) is 9.40. The van der Waals surface area contributed by atoms with Gasteiger partial charge in [0, 0.05) is 22.9 Å². The Morgan fingerprint density at radius 3 is 2.55 bits per heavy atom. The molecule has 0 fully saturated rings. The van der Waals surface area contributed by atoms with Crippen molar-refractivity contribution in [3.63, 3.8) is 0 Å². The van der Waals surface area contributed by atoms with Crippen LogP contribution in [0.2, 0.25) is 0 Å². The van der Waals surface area contributed by atoms with Gasteiger partial charge in [0.05, 0.1) is 5.56 Å². The minimum Gasteiger partial charge on any atom is -0.348 e. The lowest BCUT2D eigenvalue weighted by molar-refractivity contribution is 0.0950. The predicted octanol–water partition coefficient (Wildman–Crippen LogP) is 6.09. The van der Waals surface area contributed by atoms with E-state index in [0.717, 1.165) is 26.9 Å². The number of halogens is 2. The Kier molecular flexibility index (Phi) is 6.64. The number of pyridine rings is 1. The molecular weight excluding hydrogens is 433 g/mol. The van der Waals surface area contributed by atoms with E-state index in [9.17, 15) is 9.18 Å². The molecule has 0 aliphatic carbocycles. The Bertz CT molecular complexity index is 1020. The second-order valence-electron chi connectivity index (χ2n) is 7.13. The van der Waals surface area contributed by atoms with Crippen LogP contribution in [-0.4, -0.2) is 10.9 Å². The van der Waals surface area contributed by atoms with Gasteiger partial charge in [0.2, 0.25) is 0 Å². The Hall–Kier alpha value is -2.73. The van der Waals surface area contributed by atoms with E-state index >= 15 is 0 Å². The molecule has 0 saturated heterocycles. The van der Waals surface area contributed by atoms with Crippen LogP contribution in [0, 0.1) is 12.7 Å². The summed E-state index contributed by atoms with van der Waals surface area (Å²) in [4.78, 5) is 17.5. The number of hydrogen-bond acceptors (Lipinski definition) is 3. The zero-order chi connectivity index (χ0) is 21.0. The normalized spacial score (nSPS) is 10.8. The average molecular weight is 456 g/mol. The number of amides is 1. The summed E-state index contributed by atoms with van der Waals surface area (Å²) in [5.74, 6) is 0.134. The molecule has 0 aliphatic rings. The van der Waals surface area contributed by atoms with E-state index in [4.69, 9.17) is 0 Å². The van der Waals surface area contributed by atoms with Crippen molar-refractivity contribution in [2.45, 2.75) is 33.2 Å². The second kappa shape index (κ2) is 9.18. The van der Waals surface area contributed by atoms with Gasteiger partial charge in [-0.2, -0.15) is 0 Å². The number of hydrogen-bond donors (Lipinski definition) is 2. The summed E-state index contributed by atoms with van der Waals surface area (Å²) >= 11 is 3.53. The molecule has 2 aromatic carbocycles. The number of aromatic nitrogens is 1. The Balaban J connectivity index is 1.91. The fourth-order valence-corrected chi connectivity index (χ4v) is 3.40. The zero-order valence-corrected chi connectivity index (χ0v) is 18.2. The maximum Gasteiger partial charge on any atom is 0.255 e. The molecule has 150 valence electrons. The summed E-state index contributed by atoms with van der Waals surface area (Å²) in [5, 5.41) is 6.24. The van der Waals surface area contributed by atoms with E-state index in [2.05, 4.69) is 31.5 Å². The lowest BCUT2D eigenvalue weighted by Crippen LogP contribution is -2.25. The number of benzene rings is 2. The topological polar surface area (TPSA) is 54.0 Å². The zero-order valence-electron chi connectivity index (χ0n) is 16.6. The van der Waals surface area contributed by atoms with Crippen LogP contribution < -0.4 is 10.6 Å². The first-order chi connectivity index (χ1) is 13.9. The maximum atomic E-state index is 13.1. The minimum atomic E-state index is -0.301. The molecule has 3 aromatic rings. The van der Waals surface area contributed by atoms with Crippen molar-refractivity contribution in [3.8, 4) is 0 Å². The molecule has 1 heterocycles. The number of carbonyl (C=O) groups excluding carboxylic acids is 1. The Morgan fingerprint density at radius 2 is 1.86 bits per heavy atom. The van der Waals surface area contributed by atoms with Crippen LogP contribution in [0.5, 0.6) is 0 Å². The van der Waals surface area contributed by atoms with Gasteiger partial charge in [-0.3, -0.25) is 4.79 Å². The van der Waals surface area contributed by atoms with E-state index in [-0.39, 0.29) is 17.6 Å². The highest BCUT2D eigenvalue weighted by molar-refractivity contribution is 9.10. The monoisotopic (exact) mass is 455 g/mol. The molecule has 0 radical (unpaired) electrons. The van der Waals surface area contributed by atoms with Crippen molar-refractivity contribution >= 4 is 33.3 Å². The number of nitrogens with one attached hydrogen (secondary N) is 2. The van der Waals surface area contributed by atoms with Gasteiger partial charge in [0.15, 0.2) is 0 Å². The van der Waals surface area contributed by atoms with E-state index in [1.54, 1.807) is 18.3 Å². The van der Waals surface area contributed by atoms with Crippen LogP contribution in [0.25, 0.3) is 0 Å². The lowest BCUT2D eigenvalue weighted by atomic mass is 9.97. The van der Waals surface area contributed by atoms with Crippen LogP contribution in [0.1, 0.15) is 46.8 Å². The average Bonchev–Trinajstić information content (AvgIpc) is 2.70. The van der Waals surface area contributed by atoms with E-state index in [1.165, 1.54) is 12.1 Å². The van der Waals surface area contributed by atoms with Crippen molar-refractivity contribution in [2.75, 3.05) is 5.32 Å². The van der Waals surface area contributed by atoms with Crippen LogP contribution in [0.3, 0.4) is 0 Å². The van der Waals surface area contributed by atoms with Crippen LogP contribution in [0.4, 0.5) is 15.9 Å². The number of rotatable bonds is 6. The fraction of sp³-hybridized carbons (Fsp3) is 0.217. The summed E-state index contributed by atoms with van der Waals surface area (Å²) in [7, 11) is 0. The molecule has 4 nitrogen and oxygen atoms in total. The molecule has 6 heteroatoms. The molecule has 0 spiro atoms. The van der Waals surface area contributed by atoms with E-state index in [0.29, 0.717) is 17.9 Å². The SMILES string of the molecule is Cc1c(Br)cccc1Nc1nccc(C(C)C)c1C(=O)NCc1ccc(F)cc1. The van der Waals surface area contributed by atoms with Crippen molar-refractivity contribution in [1.29, 1.82) is 0 Å². The molecule has 29 heavy (non-hydrogen) atoms. The third kappa shape index (κ3) is 5.01. The molecule has 0 atom stereocenters. The van der Waals surface area contributed by atoms with E-state index in [1.807, 2.05) is 45.0 Å². The van der Waals surface area contributed by atoms with Gasteiger partial charge in [-0.15, -0.1) is 0 Å². The standard InChI is InChI=1S/C23H23BrFN3O/c1-14(2)18-11-12-26-22(28-20-6-4-5-19(24)15(20)3)21(18)23(29)27-13-16-7-9-17(25)10-8-16/h4-12,14H,13H2,1-3H3,(H,26,28)(H,27,29). The van der Waals surface area contributed by atoms with Crippen molar-refractivity contribution in [3.05, 3.63) is 87.3 Å². The summed E-state index contributed by atoms with van der Waals surface area (Å²) in [6.45, 7) is 6.38. The Labute approximate surface area is 178 Å². The molecule has 1 amide bonds. The van der Waals surface area contributed by atoms with Crippen molar-refractivity contribution in [1.82, 2.24) is 10.3 Å². The summed E-state index contributed by atoms with van der Waals surface area (Å²) < 4.78 is 14.1. The summed E-state index contributed by atoms with van der Waals surface area (Å²) in [6.07, 6.45) is 1.71. The largest absolute Gasteiger partial charge is 0.348 e. The number of anilines is 2. The molecular formula is C23H23BrFN3O. The molecule has 0 saturated carbocycles. The van der Waals surface area contributed by atoms with Crippen LogP contribution >= 0.6 is 15.9 Å². The molecule has 0 unspecified atom stereocenters. The third-order valence-electron chi connectivity index (χ3n) is 4.72. The third-order valence-corrected chi connectivity index (χ3v) is 5.58. The highest BCUT2D eigenvalue weighted by atomic mass is 79.9. The second-order valence-corrected chi connectivity index (χ2v) is 7.98. The van der Waals surface area contributed by atoms with Gasteiger partial charge in [-0.1, -0.05) is 48.0 Å². The van der Waals surface area contributed by atoms with Gasteiger partial charge >= 0.3 is 0 Å². The fourth-order valence-electron chi connectivity index (χ4n) is 3.03. The van der Waals surface area contributed by atoms with Gasteiger partial charge in [-0.05, 0) is 59.9 Å². The lowest BCUT2D eigenvalue weighted by Gasteiger charge is -2.18. The first kappa shape index (κ1) is 21.0. The minimum absolute atomic E-state index is 0.147. The smallest absolute Gasteiger partial charge is 0.255 e. The molecule has 0 bridgehead atoms. The molecule has 2 N–H and O–H groups in total. The summed E-state index contributed by atoms with van der Waals surface area (Å²) in [6, 6.07) is 13.8. The van der Waals surface area contributed by atoms with Crippen molar-refractivity contribution in [2.24, 2.45) is 0 Å². The molecule has 1 aromatic heterocycles. The maximum absolute atomic E-state index is 13.1. The number of nitrogens with zero attached hydrogens (tertiary/aromatic N) is 1. The number of carbonyl (C=O) groups is 1. The van der Waals surface area contributed by atoms with Gasteiger partial charge < -0.3 is 10.6 Å². The molecule has 0 aliphatic heterocycles. The van der Waals surface area contributed by atoms with E-state index < -0.39 is 0 Å². The van der Waals surface area contributed by atoms with Crippen molar-refractivity contribution < 1.29 is 9.18 Å². The van der Waals surface area contributed by atoms with Gasteiger partial charge in [0.25, 0.3) is 5.91 Å². The van der Waals surface area contributed by atoms with Crippen LogP contribution in [-0.2, 0) is 6.54 Å².